The zero-order valence-electron chi connectivity index (χ0n) is 15.8. The fraction of sp³-hybridized carbons (Fsp3) is 0.286. The van der Waals surface area contributed by atoms with Crippen LogP contribution in [-0.4, -0.2) is 30.9 Å². The largest absolute Gasteiger partial charge is 0.441 e. The number of anilines is 2. The summed E-state index contributed by atoms with van der Waals surface area (Å²) >= 11 is 0. The maximum Gasteiger partial charge on any atom is 0.335 e. The van der Waals surface area contributed by atoms with Crippen LogP contribution in [0.1, 0.15) is 29.7 Å². The lowest BCUT2D eigenvalue weighted by Crippen LogP contribution is -2.54. The van der Waals surface area contributed by atoms with E-state index in [1.165, 1.54) is 6.08 Å². The van der Waals surface area contributed by atoms with Crippen LogP contribution in [0.5, 0.6) is 0 Å². The van der Waals surface area contributed by atoms with E-state index in [9.17, 15) is 14.4 Å². The van der Waals surface area contributed by atoms with Crippen LogP contribution < -0.4 is 15.1 Å². The lowest BCUT2D eigenvalue weighted by atomic mass is 10.1. The fourth-order valence-corrected chi connectivity index (χ4v) is 3.43. The van der Waals surface area contributed by atoms with Gasteiger partial charge in [0.2, 0.25) is 0 Å². The predicted molar refractivity (Wildman–Crippen MR) is 105 cm³/mol. The van der Waals surface area contributed by atoms with Crippen LogP contribution in [0.15, 0.2) is 40.3 Å². The average molecular weight is 379 g/mol. The summed E-state index contributed by atoms with van der Waals surface area (Å²) in [5.74, 6) is -0.282. The smallest absolute Gasteiger partial charge is 0.335 e. The van der Waals surface area contributed by atoms with Gasteiger partial charge in [0, 0.05) is 19.2 Å². The van der Waals surface area contributed by atoms with Crippen molar-refractivity contribution in [1.29, 1.82) is 0 Å². The summed E-state index contributed by atoms with van der Waals surface area (Å²) in [6.07, 6.45) is 3.62. The van der Waals surface area contributed by atoms with Crippen LogP contribution in [-0.2, 0) is 9.59 Å². The Bertz CT molecular complexity index is 999. The second-order valence-corrected chi connectivity index (χ2v) is 7.10. The number of furan rings is 1. The number of amides is 4. The number of benzene rings is 1. The molecule has 0 unspecified atom stereocenters. The van der Waals surface area contributed by atoms with E-state index in [1.807, 2.05) is 26.0 Å². The Morgan fingerprint density at radius 1 is 1.00 bits per heavy atom. The number of carbonyl (C=O) groups excluding carboxylic acids is 3. The van der Waals surface area contributed by atoms with Gasteiger partial charge in [-0.05, 0) is 62.1 Å². The van der Waals surface area contributed by atoms with Gasteiger partial charge in [-0.2, -0.15) is 0 Å². The molecule has 0 radical (unpaired) electrons. The molecule has 0 bridgehead atoms. The molecule has 2 aliphatic rings. The first-order valence-corrected chi connectivity index (χ1v) is 9.27. The highest BCUT2D eigenvalue weighted by atomic mass is 16.4. The molecule has 28 heavy (non-hydrogen) atoms. The van der Waals surface area contributed by atoms with Crippen LogP contribution in [0, 0.1) is 13.8 Å². The maximum atomic E-state index is 12.9. The third kappa shape index (κ3) is 3.19. The van der Waals surface area contributed by atoms with Crippen molar-refractivity contribution in [3.05, 3.63) is 52.8 Å². The van der Waals surface area contributed by atoms with Crippen molar-refractivity contribution in [3.63, 3.8) is 0 Å². The fourth-order valence-electron chi connectivity index (χ4n) is 3.43. The second kappa shape index (κ2) is 6.99. The predicted octanol–water partition coefficient (Wildman–Crippen LogP) is 3.16. The molecule has 4 amide bonds. The summed E-state index contributed by atoms with van der Waals surface area (Å²) in [5, 5.41) is 2.23. The molecule has 2 fully saturated rings. The number of rotatable bonds is 3. The average Bonchev–Trinajstić information content (AvgIpc) is 3.33. The normalized spacial score (nSPS) is 18.9. The first-order valence-electron chi connectivity index (χ1n) is 9.27. The maximum absolute atomic E-state index is 12.9. The van der Waals surface area contributed by atoms with Gasteiger partial charge in [0.1, 0.15) is 11.3 Å². The Morgan fingerprint density at radius 3 is 2.46 bits per heavy atom. The molecular formula is C21H21N3O4. The number of nitrogens with zero attached hydrogens (tertiary/aromatic N) is 2. The number of hydrogen-bond donors (Lipinski definition) is 1. The van der Waals surface area contributed by atoms with E-state index in [0.717, 1.165) is 47.8 Å². The van der Waals surface area contributed by atoms with Gasteiger partial charge < -0.3 is 9.32 Å². The van der Waals surface area contributed by atoms with E-state index in [4.69, 9.17) is 4.42 Å². The minimum Gasteiger partial charge on any atom is -0.441 e. The quantitative estimate of drug-likeness (QED) is 0.654. The summed E-state index contributed by atoms with van der Waals surface area (Å²) in [6.45, 7) is 5.70. The van der Waals surface area contributed by atoms with Gasteiger partial charge in [-0.15, -0.1) is 0 Å². The number of nitrogens with one attached hydrogen (secondary N) is 1. The monoisotopic (exact) mass is 379 g/mol. The molecule has 0 aliphatic carbocycles. The molecule has 7 nitrogen and oxygen atoms in total. The topological polar surface area (TPSA) is 82.9 Å². The van der Waals surface area contributed by atoms with E-state index < -0.39 is 17.8 Å². The Balaban J connectivity index is 1.65. The Labute approximate surface area is 162 Å². The molecule has 144 valence electrons. The van der Waals surface area contributed by atoms with Crippen LogP contribution in [0.25, 0.3) is 6.08 Å². The molecule has 0 saturated carbocycles. The van der Waals surface area contributed by atoms with E-state index in [1.54, 1.807) is 18.2 Å². The lowest BCUT2D eigenvalue weighted by molar-refractivity contribution is -0.122. The first-order chi connectivity index (χ1) is 13.4. The number of imide groups is 2. The van der Waals surface area contributed by atoms with E-state index in [0.29, 0.717) is 11.4 Å². The van der Waals surface area contributed by atoms with Crippen LogP contribution in [0.2, 0.25) is 0 Å². The molecule has 1 aromatic carbocycles. The van der Waals surface area contributed by atoms with Crippen molar-refractivity contribution in [1.82, 2.24) is 5.32 Å². The van der Waals surface area contributed by atoms with Gasteiger partial charge in [0.25, 0.3) is 11.8 Å². The minimum atomic E-state index is -0.757. The zero-order valence-corrected chi connectivity index (χ0v) is 15.8. The van der Waals surface area contributed by atoms with Gasteiger partial charge in [0.05, 0.1) is 5.69 Å². The third-order valence-electron chi connectivity index (χ3n) is 5.17. The van der Waals surface area contributed by atoms with Crippen molar-refractivity contribution in [2.45, 2.75) is 26.7 Å². The Kier molecular flexibility index (Phi) is 4.50. The number of barbiturate groups is 1. The number of urea groups is 1. The summed E-state index contributed by atoms with van der Waals surface area (Å²) in [4.78, 5) is 40.6. The van der Waals surface area contributed by atoms with Gasteiger partial charge >= 0.3 is 6.03 Å². The molecule has 2 aromatic rings. The van der Waals surface area contributed by atoms with Gasteiger partial charge in [-0.3, -0.25) is 14.9 Å². The molecule has 7 heteroatoms. The van der Waals surface area contributed by atoms with E-state index in [2.05, 4.69) is 10.2 Å². The van der Waals surface area contributed by atoms with Crippen molar-refractivity contribution in [3.8, 4) is 0 Å². The molecule has 2 saturated heterocycles. The molecular weight excluding hydrogens is 358 g/mol. The van der Waals surface area contributed by atoms with Crippen molar-refractivity contribution in [2.24, 2.45) is 0 Å². The number of aryl methyl sites for hydroxylation is 2. The highest BCUT2D eigenvalue weighted by Crippen LogP contribution is 2.27. The molecule has 1 aromatic heterocycles. The molecule has 2 aliphatic heterocycles. The van der Waals surface area contributed by atoms with E-state index in [-0.39, 0.29) is 5.57 Å². The molecule has 3 heterocycles. The van der Waals surface area contributed by atoms with Crippen molar-refractivity contribution < 1.29 is 18.8 Å². The summed E-state index contributed by atoms with van der Waals surface area (Å²) in [6, 6.07) is 8.06. The summed E-state index contributed by atoms with van der Waals surface area (Å²) in [5.41, 5.74) is 2.27. The van der Waals surface area contributed by atoms with Crippen molar-refractivity contribution >= 4 is 35.5 Å². The molecule has 4 rings (SSSR count). The minimum absolute atomic E-state index is 0.139. The van der Waals surface area contributed by atoms with Gasteiger partial charge in [-0.1, -0.05) is 6.07 Å². The summed E-state index contributed by atoms with van der Waals surface area (Å²) in [7, 11) is 0. The van der Waals surface area contributed by atoms with Gasteiger partial charge in [0.15, 0.2) is 5.88 Å². The lowest BCUT2D eigenvalue weighted by Gasteiger charge is -2.26. The first kappa shape index (κ1) is 18.0. The molecule has 1 N–H and O–H groups in total. The molecule has 0 spiro atoms. The van der Waals surface area contributed by atoms with Crippen LogP contribution in [0.3, 0.4) is 0 Å². The van der Waals surface area contributed by atoms with Crippen LogP contribution >= 0.6 is 0 Å². The zero-order chi connectivity index (χ0) is 19.8. The number of carbonyl (C=O) groups is 3. The van der Waals surface area contributed by atoms with E-state index >= 15 is 0 Å². The SMILES string of the molecule is Cc1ccc(N2C(=O)NC(=O)/C(=C\c3ccc(N4CCCC4)o3)C2=O)cc1C. The number of hydrogen-bond acceptors (Lipinski definition) is 5. The third-order valence-corrected chi connectivity index (χ3v) is 5.17. The van der Waals surface area contributed by atoms with Crippen molar-refractivity contribution in [2.75, 3.05) is 22.9 Å². The Morgan fingerprint density at radius 2 is 1.75 bits per heavy atom. The standard InChI is InChI=1S/C21H21N3O4/c1-13-5-6-15(11-14(13)2)24-20(26)17(19(25)22-21(24)27)12-16-7-8-18(28-16)23-9-3-4-10-23/h5-8,11-12H,3-4,9-10H2,1-2H3,(H,22,25,27)/b17-12+. The van der Waals surface area contributed by atoms with Gasteiger partial charge in [-0.25, -0.2) is 9.69 Å². The second-order valence-electron chi connectivity index (χ2n) is 7.10. The highest BCUT2D eigenvalue weighted by Gasteiger charge is 2.37. The highest BCUT2D eigenvalue weighted by molar-refractivity contribution is 6.39. The summed E-state index contributed by atoms with van der Waals surface area (Å²) < 4.78 is 5.78. The van der Waals surface area contributed by atoms with Crippen LogP contribution in [0.4, 0.5) is 16.4 Å². The Hall–Kier alpha value is -3.35. The molecule has 0 atom stereocenters.